The van der Waals surface area contributed by atoms with Gasteiger partial charge in [-0.05, 0) is 37.3 Å². The number of aliphatic hydroxyl groups is 1. The van der Waals surface area contributed by atoms with Gasteiger partial charge in [-0.1, -0.05) is 13.8 Å². The number of hydrogen-bond donors (Lipinski definition) is 1. The molecule has 1 aromatic rings. The first-order valence-corrected chi connectivity index (χ1v) is 7.35. The first-order chi connectivity index (χ1) is 9.71. The summed E-state index contributed by atoms with van der Waals surface area (Å²) in [6.07, 6.45) is 0.836. The predicted octanol–water partition coefficient (Wildman–Crippen LogP) is 1.32. The second kappa shape index (κ2) is 5.64. The molecule has 1 atom stereocenters. The van der Waals surface area contributed by atoms with Crippen LogP contribution in [-0.2, 0) is 7.05 Å². The van der Waals surface area contributed by atoms with Crippen LogP contribution in [0, 0.1) is 12.3 Å². The molecule has 1 saturated heterocycles. The van der Waals surface area contributed by atoms with Crippen molar-refractivity contribution in [2.45, 2.75) is 39.7 Å². The third-order valence-electron chi connectivity index (χ3n) is 4.21. The number of carbonyl (C=O) groups excluding carboxylic acids is 1. The first-order valence-electron chi connectivity index (χ1n) is 7.35. The Balaban J connectivity index is 2.32. The van der Waals surface area contributed by atoms with Gasteiger partial charge < -0.3 is 14.6 Å². The molecule has 116 valence electrons. The van der Waals surface area contributed by atoms with Crippen LogP contribution in [0.3, 0.4) is 0 Å². The molecule has 0 bridgehead atoms. The van der Waals surface area contributed by atoms with Gasteiger partial charge in [0, 0.05) is 25.8 Å². The number of aromatic nitrogens is 1. The molecule has 1 aliphatic rings. The van der Waals surface area contributed by atoms with Crippen molar-refractivity contribution in [2.24, 2.45) is 12.5 Å². The fourth-order valence-corrected chi connectivity index (χ4v) is 2.94. The molecule has 1 amide bonds. The van der Waals surface area contributed by atoms with Crippen molar-refractivity contribution >= 4 is 5.91 Å². The topological polar surface area (TPSA) is 62.5 Å². The molecule has 1 N–H and O–H groups in total. The van der Waals surface area contributed by atoms with Gasteiger partial charge in [0.05, 0.1) is 6.10 Å². The third kappa shape index (κ3) is 3.35. The van der Waals surface area contributed by atoms with Gasteiger partial charge in [0.25, 0.3) is 11.5 Å². The van der Waals surface area contributed by atoms with E-state index in [9.17, 15) is 14.7 Å². The molecular weight excluding hydrogens is 268 g/mol. The van der Waals surface area contributed by atoms with Crippen LogP contribution in [0.2, 0.25) is 0 Å². The Morgan fingerprint density at radius 1 is 1.38 bits per heavy atom. The van der Waals surface area contributed by atoms with Crippen molar-refractivity contribution in [3.8, 4) is 0 Å². The maximum absolute atomic E-state index is 12.7. The molecule has 1 aromatic heterocycles. The first kappa shape index (κ1) is 15.8. The van der Waals surface area contributed by atoms with E-state index in [0.29, 0.717) is 25.9 Å². The molecule has 2 rings (SSSR count). The lowest BCUT2D eigenvalue weighted by molar-refractivity contribution is 0.0702. The summed E-state index contributed by atoms with van der Waals surface area (Å²) in [5.74, 6) is -0.238. The van der Waals surface area contributed by atoms with E-state index in [1.807, 2.05) is 20.8 Å². The fourth-order valence-electron chi connectivity index (χ4n) is 2.94. The predicted molar refractivity (Wildman–Crippen MR) is 81.3 cm³/mol. The summed E-state index contributed by atoms with van der Waals surface area (Å²) in [7, 11) is 1.67. The quantitative estimate of drug-likeness (QED) is 0.849. The number of rotatable bonds is 1. The van der Waals surface area contributed by atoms with E-state index in [-0.39, 0.29) is 22.4 Å². The summed E-state index contributed by atoms with van der Waals surface area (Å²) < 4.78 is 1.49. The lowest BCUT2D eigenvalue weighted by atomic mass is 9.87. The fraction of sp³-hybridized carbons (Fsp3) is 0.625. The van der Waals surface area contributed by atoms with Gasteiger partial charge in [0.1, 0.15) is 5.56 Å². The zero-order chi connectivity index (χ0) is 15.8. The second-order valence-corrected chi connectivity index (χ2v) is 6.79. The second-order valence-electron chi connectivity index (χ2n) is 6.79. The Morgan fingerprint density at radius 2 is 2.05 bits per heavy atom. The van der Waals surface area contributed by atoms with Crippen LogP contribution in [0.25, 0.3) is 0 Å². The van der Waals surface area contributed by atoms with Crippen molar-refractivity contribution in [3.63, 3.8) is 0 Å². The molecule has 0 unspecified atom stereocenters. The van der Waals surface area contributed by atoms with Gasteiger partial charge in [-0.2, -0.15) is 0 Å². The molecule has 0 spiro atoms. The summed E-state index contributed by atoms with van der Waals surface area (Å²) in [4.78, 5) is 26.6. The molecule has 5 heteroatoms. The number of hydrogen-bond acceptors (Lipinski definition) is 3. The molecule has 1 fully saturated rings. The monoisotopic (exact) mass is 292 g/mol. The number of aryl methyl sites for hydroxylation is 1. The Bertz CT molecular complexity index is 604. The minimum absolute atomic E-state index is 0.151. The number of nitrogens with zero attached hydrogens (tertiary/aromatic N) is 2. The Labute approximate surface area is 125 Å². The molecule has 21 heavy (non-hydrogen) atoms. The van der Waals surface area contributed by atoms with Crippen LogP contribution < -0.4 is 5.56 Å². The van der Waals surface area contributed by atoms with Gasteiger partial charge in [-0.25, -0.2) is 0 Å². The van der Waals surface area contributed by atoms with Crippen LogP contribution in [-0.4, -0.2) is 39.7 Å². The molecule has 0 aromatic carbocycles. The number of pyridine rings is 1. The minimum atomic E-state index is -0.390. The van der Waals surface area contributed by atoms with Gasteiger partial charge in [0.2, 0.25) is 0 Å². The summed E-state index contributed by atoms with van der Waals surface area (Å²) in [5, 5.41) is 9.93. The normalized spacial score (nSPS) is 22.0. The molecule has 1 aliphatic heterocycles. The highest BCUT2D eigenvalue weighted by atomic mass is 16.3. The highest BCUT2D eigenvalue weighted by Gasteiger charge is 2.32. The SMILES string of the molecule is Cc1ccc(C(=O)N2CC[C@@H](O)CC(C)(C)C2)c(=O)n1C. The van der Waals surface area contributed by atoms with Gasteiger partial charge in [-0.15, -0.1) is 0 Å². The van der Waals surface area contributed by atoms with Crippen molar-refractivity contribution in [2.75, 3.05) is 13.1 Å². The highest BCUT2D eigenvalue weighted by Crippen LogP contribution is 2.28. The lowest BCUT2D eigenvalue weighted by Gasteiger charge is -2.29. The van der Waals surface area contributed by atoms with E-state index in [2.05, 4.69) is 0 Å². The number of amides is 1. The van der Waals surface area contributed by atoms with E-state index in [1.54, 1.807) is 24.1 Å². The highest BCUT2D eigenvalue weighted by molar-refractivity contribution is 5.94. The number of carbonyl (C=O) groups is 1. The van der Waals surface area contributed by atoms with Crippen LogP contribution in [0.5, 0.6) is 0 Å². The molecular formula is C16H24N2O3. The van der Waals surface area contributed by atoms with Crippen LogP contribution in [0.1, 0.15) is 42.7 Å². The Morgan fingerprint density at radius 3 is 2.71 bits per heavy atom. The van der Waals surface area contributed by atoms with Crippen LogP contribution in [0.4, 0.5) is 0 Å². The lowest BCUT2D eigenvalue weighted by Crippen LogP contribution is -2.40. The average Bonchev–Trinajstić information content (AvgIpc) is 2.53. The third-order valence-corrected chi connectivity index (χ3v) is 4.21. The molecule has 5 nitrogen and oxygen atoms in total. The zero-order valence-corrected chi connectivity index (χ0v) is 13.2. The number of aliphatic hydroxyl groups excluding tert-OH is 1. The summed E-state index contributed by atoms with van der Waals surface area (Å²) in [5.41, 5.74) is 0.614. The van der Waals surface area contributed by atoms with E-state index in [4.69, 9.17) is 0 Å². The van der Waals surface area contributed by atoms with Gasteiger partial charge >= 0.3 is 0 Å². The number of likely N-dealkylation sites (tertiary alicyclic amines) is 1. The summed E-state index contributed by atoms with van der Waals surface area (Å²) in [6, 6.07) is 3.39. The van der Waals surface area contributed by atoms with E-state index >= 15 is 0 Å². The minimum Gasteiger partial charge on any atom is -0.393 e. The maximum Gasteiger partial charge on any atom is 0.263 e. The van der Waals surface area contributed by atoms with Crippen molar-refractivity contribution in [1.82, 2.24) is 9.47 Å². The Kier molecular flexibility index (Phi) is 4.23. The summed E-state index contributed by atoms with van der Waals surface area (Å²) in [6.45, 7) is 6.95. The zero-order valence-electron chi connectivity index (χ0n) is 13.2. The van der Waals surface area contributed by atoms with E-state index < -0.39 is 6.10 Å². The Hall–Kier alpha value is -1.62. The van der Waals surface area contributed by atoms with Crippen LogP contribution >= 0.6 is 0 Å². The largest absolute Gasteiger partial charge is 0.393 e. The van der Waals surface area contributed by atoms with Crippen molar-refractivity contribution in [1.29, 1.82) is 0 Å². The van der Waals surface area contributed by atoms with E-state index in [0.717, 1.165) is 5.69 Å². The summed E-state index contributed by atoms with van der Waals surface area (Å²) >= 11 is 0. The molecule has 0 aliphatic carbocycles. The molecule has 0 saturated carbocycles. The van der Waals surface area contributed by atoms with Crippen molar-refractivity contribution in [3.05, 3.63) is 33.7 Å². The van der Waals surface area contributed by atoms with Gasteiger partial charge in [-0.3, -0.25) is 9.59 Å². The van der Waals surface area contributed by atoms with Crippen LogP contribution in [0.15, 0.2) is 16.9 Å². The van der Waals surface area contributed by atoms with Gasteiger partial charge in [0.15, 0.2) is 0 Å². The smallest absolute Gasteiger partial charge is 0.263 e. The van der Waals surface area contributed by atoms with Crippen molar-refractivity contribution < 1.29 is 9.90 Å². The molecule has 0 radical (unpaired) electrons. The molecule has 2 heterocycles. The average molecular weight is 292 g/mol. The maximum atomic E-state index is 12.7. The standard InChI is InChI=1S/C16H24N2O3/c1-11-5-6-13(14(20)17(11)4)15(21)18-8-7-12(19)9-16(2,3)10-18/h5-6,12,19H,7-10H2,1-4H3/t12-/m1/s1. The van der Waals surface area contributed by atoms with E-state index in [1.165, 1.54) is 4.57 Å².